The van der Waals surface area contributed by atoms with Crippen molar-refractivity contribution in [1.29, 1.82) is 0 Å². The number of aromatic nitrogens is 1. The van der Waals surface area contributed by atoms with E-state index in [1.54, 1.807) is 13.1 Å². The molecule has 1 aliphatic rings. The zero-order chi connectivity index (χ0) is 20.9. The molecular weight excluding hydrogens is 364 g/mol. The molecule has 1 aromatic heterocycles. The Morgan fingerprint density at radius 2 is 1.90 bits per heavy atom. The molecule has 1 amide bonds. The molecule has 2 N–H and O–H groups in total. The van der Waals surface area contributed by atoms with Gasteiger partial charge in [0.1, 0.15) is 0 Å². The van der Waals surface area contributed by atoms with Crippen molar-refractivity contribution >= 4 is 5.91 Å². The minimum atomic E-state index is -0.482. The maximum absolute atomic E-state index is 13.4. The average Bonchev–Trinajstić information content (AvgIpc) is 2.68. The van der Waals surface area contributed by atoms with E-state index in [0.29, 0.717) is 38.9 Å². The van der Waals surface area contributed by atoms with Crippen LogP contribution in [0.1, 0.15) is 45.6 Å². The van der Waals surface area contributed by atoms with Gasteiger partial charge in [0.05, 0.1) is 11.5 Å². The van der Waals surface area contributed by atoms with Crippen LogP contribution in [0.2, 0.25) is 0 Å². The molecule has 0 spiro atoms. The molecule has 5 nitrogen and oxygen atoms in total. The number of pyridine rings is 1. The van der Waals surface area contributed by atoms with Gasteiger partial charge in [-0.3, -0.25) is 9.78 Å². The van der Waals surface area contributed by atoms with Gasteiger partial charge in [-0.15, -0.1) is 0 Å². The molecule has 1 aliphatic heterocycles. The number of amides is 1. The third-order valence-electron chi connectivity index (χ3n) is 5.68. The first-order chi connectivity index (χ1) is 13.8. The number of nitrogens with one attached hydrogen (secondary N) is 1. The lowest BCUT2D eigenvalue weighted by atomic mass is 9.73. The Morgan fingerprint density at radius 3 is 2.48 bits per heavy atom. The Kier molecular flexibility index (Phi) is 6.70. The van der Waals surface area contributed by atoms with Crippen LogP contribution in [0.15, 0.2) is 48.8 Å². The number of aliphatic hydroxyl groups excluding tert-OH is 1. The van der Waals surface area contributed by atoms with Gasteiger partial charge in [0.25, 0.3) is 0 Å². The number of rotatable bonds is 7. The molecule has 2 heterocycles. The molecule has 0 aliphatic carbocycles. The lowest BCUT2D eigenvalue weighted by molar-refractivity contribution is -0.138. The highest BCUT2D eigenvalue weighted by atomic mass is 16.5. The van der Waals surface area contributed by atoms with E-state index in [1.165, 1.54) is 0 Å². The molecule has 2 aromatic rings. The normalized spacial score (nSPS) is 17.5. The maximum Gasteiger partial charge on any atom is 0.227 e. The molecule has 0 radical (unpaired) electrons. The first-order valence-electron chi connectivity index (χ1n) is 10.4. The summed E-state index contributed by atoms with van der Waals surface area (Å²) in [5.41, 5.74) is 2.40. The molecule has 1 aromatic carbocycles. The number of aliphatic hydroxyl groups is 1. The van der Waals surface area contributed by atoms with E-state index in [4.69, 9.17) is 4.74 Å². The number of ether oxygens (including phenoxy) is 1. The van der Waals surface area contributed by atoms with Gasteiger partial charge < -0.3 is 15.2 Å². The van der Waals surface area contributed by atoms with Gasteiger partial charge in [-0.05, 0) is 69.2 Å². The molecule has 29 heavy (non-hydrogen) atoms. The summed E-state index contributed by atoms with van der Waals surface area (Å²) in [6, 6.07) is 12.4. The Hall–Kier alpha value is -2.24. The van der Waals surface area contributed by atoms with Crippen LogP contribution in [0.4, 0.5) is 0 Å². The van der Waals surface area contributed by atoms with E-state index in [-0.39, 0.29) is 5.91 Å². The van der Waals surface area contributed by atoms with Crippen molar-refractivity contribution in [2.24, 2.45) is 5.41 Å². The first-order valence-corrected chi connectivity index (χ1v) is 10.4. The lowest BCUT2D eigenvalue weighted by Crippen LogP contribution is -2.54. The third-order valence-corrected chi connectivity index (χ3v) is 5.68. The lowest BCUT2D eigenvalue weighted by Gasteiger charge is -2.39. The maximum atomic E-state index is 13.4. The number of carbonyl (C=O) groups excluding carboxylic acids is 1. The number of hydrogen-bond acceptors (Lipinski definition) is 4. The molecule has 0 bridgehead atoms. The average molecular weight is 397 g/mol. The minimum absolute atomic E-state index is 0.0581. The first kappa shape index (κ1) is 21.5. The zero-order valence-electron chi connectivity index (χ0n) is 17.6. The van der Waals surface area contributed by atoms with E-state index < -0.39 is 17.1 Å². The fraction of sp³-hybridized carbons (Fsp3) is 0.500. The van der Waals surface area contributed by atoms with Gasteiger partial charge >= 0.3 is 0 Å². The van der Waals surface area contributed by atoms with Gasteiger partial charge in [-0.1, -0.05) is 30.3 Å². The number of benzene rings is 1. The topological polar surface area (TPSA) is 71.5 Å². The third kappa shape index (κ3) is 5.64. The van der Waals surface area contributed by atoms with Crippen molar-refractivity contribution in [2.45, 2.75) is 58.1 Å². The summed E-state index contributed by atoms with van der Waals surface area (Å²) in [4.78, 5) is 17.5. The van der Waals surface area contributed by atoms with Crippen molar-refractivity contribution in [3.63, 3.8) is 0 Å². The summed E-state index contributed by atoms with van der Waals surface area (Å²) < 4.78 is 5.56. The molecule has 0 saturated carbocycles. The van der Waals surface area contributed by atoms with Crippen LogP contribution >= 0.6 is 0 Å². The van der Waals surface area contributed by atoms with Crippen molar-refractivity contribution in [3.05, 3.63) is 54.4 Å². The van der Waals surface area contributed by atoms with Gasteiger partial charge in [-0.25, -0.2) is 0 Å². The molecule has 1 atom stereocenters. The molecule has 1 fully saturated rings. The van der Waals surface area contributed by atoms with E-state index in [2.05, 4.69) is 34.6 Å². The molecule has 3 rings (SSSR count). The van der Waals surface area contributed by atoms with Gasteiger partial charge in [0, 0.05) is 31.1 Å². The molecule has 5 heteroatoms. The summed E-state index contributed by atoms with van der Waals surface area (Å²) in [7, 11) is 0. The second-order valence-electron chi connectivity index (χ2n) is 8.90. The highest BCUT2D eigenvalue weighted by Gasteiger charge is 2.42. The Morgan fingerprint density at radius 1 is 1.21 bits per heavy atom. The summed E-state index contributed by atoms with van der Waals surface area (Å²) in [5, 5.41) is 12.9. The van der Waals surface area contributed by atoms with E-state index in [1.807, 2.05) is 32.2 Å². The van der Waals surface area contributed by atoms with Crippen LogP contribution in [0.5, 0.6) is 0 Å². The van der Waals surface area contributed by atoms with Gasteiger partial charge in [0.2, 0.25) is 5.91 Å². The highest BCUT2D eigenvalue weighted by Crippen LogP contribution is 2.36. The fourth-order valence-corrected chi connectivity index (χ4v) is 4.22. The van der Waals surface area contributed by atoms with Crippen molar-refractivity contribution < 1.29 is 14.6 Å². The van der Waals surface area contributed by atoms with Gasteiger partial charge in [0.15, 0.2) is 0 Å². The largest absolute Gasteiger partial charge is 0.393 e. The van der Waals surface area contributed by atoms with Crippen LogP contribution in [0, 0.1) is 5.41 Å². The summed E-state index contributed by atoms with van der Waals surface area (Å²) in [6.45, 7) is 6.87. The minimum Gasteiger partial charge on any atom is -0.393 e. The van der Waals surface area contributed by atoms with Crippen LogP contribution in [-0.2, 0) is 16.0 Å². The SMILES string of the molecule is CC(O)CC(C)(C)NC(=O)C1(Cc2ccc(-c3cccnc3)cc2)CCOCC1. The van der Waals surface area contributed by atoms with Crippen LogP contribution < -0.4 is 5.32 Å². The standard InChI is InChI=1S/C24H32N2O3/c1-18(27)15-23(2,3)26-22(28)24(10-13-29-14-11-24)16-19-6-8-20(9-7-19)21-5-4-12-25-17-21/h4-9,12,17-18,27H,10-11,13-16H2,1-3H3,(H,26,28). The Bertz CT molecular complexity index is 795. The number of nitrogens with zero attached hydrogens (tertiary/aromatic N) is 1. The molecule has 1 unspecified atom stereocenters. The smallest absolute Gasteiger partial charge is 0.227 e. The van der Waals surface area contributed by atoms with Crippen LogP contribution in [0.25, 0.3) is 11.1 Å². The summed E-state index contributed by atoms with van der Waals surface area (Å²) >= 11 is 0. The molecular formula is C24H32N2O3. The fourth-order valence-electron chi connectivity index (χ4n) is 4.22. The van der Waals surface area contributed by atoms with Gasteiger partial charge in [-0.2, -0.15) is 0 Å². The highest BCUT2D eigenvalue weighted by molar-refractivity contribution is 5.83. The quantitative estimate of drug-likeness (QED) is 0.748. The van der Waals surface area contributed by atoms with Crippen molar-refractivity contribution in [1.82, 2.24) is 10.3 Å². The monoisotopic (exact) mass is 396 g/mol. The second kappa shape index (κ2) is 9.06. The van der Waals surface area contributed by atoms with E-state index in [9.17, 15) is 9.90 Å². The number of hydrogen-bond donors (Lipinski definition) is 2. The van der Waals surface area contributed by atoms with E-state index in [0.717, 1.165) is 16.7 Å². The zero-order valence-corrected chi connectivity index (χ0v) is 17.6. The van der Waals surface area contributed by atoms with Crippen LogP contribution in [0.3, 0.4) is 0 Å². The molecule has 1 saturated heterocycles. The summed E-state index contributed by atoms with van der Waals surface area (Å²) in [6.07, 6.45) is 5.76. The Balaban J connectivity index is 1.77. The van der Waals surface area contributed by atoms with Crippen LogP contribution in [-0.4, -0.2) is 40.9 Å². The van der Waals surface area contributed by atoms with Crippen molar-refractivity contribution in [3.8, 4) is 11.1 Å². The second-order valence-corrected chi connectivity index (χ2v) is 8.90. The number of carbonyl (C=O) groups is 1. The Labute approximate surface area is 173 Å². The molecule has 156 valence electrons. The van der Waals surface area contributed by atoms with E-state index >= 15 is 0 Å². The predicted molar refractivity (Wildman–Crippen MR) is 114 cm³/mol. The summed E-state index contributed by atoms with van der Waals surface area (Å²) in [5.74, 6) is 0.0581. The predicted octanol–water partition coefficient (Wildman–Crippen LogP) is 3.75. The van der Waals surface area contributed by atoms with Crippen molar-refractivity contribution in [2.75, 3.05) is 13.2 Å².